The Morgan fingerprint density at radius 3 is 2.40 bits per heavy atom. The molecule has 11 atom stereocenters. The Hall–Kier alpha value is -0.410. The Kier molecular flexibility index (Phi) is 5.84. The second-order valence-electron chi connectivity index (χ2n) is 12.2. The summed E-state index contributed by atoms with van der Waals surface area (Å²) in [5, 5.41) is 22.3. The molecular weight excluding hydrogens is 372 g/mol. The molecule has 0 unspecified atom stereocenters. The highest BCUT2D eigenvalue weighted by Crippen LogP contribution is 2.69. The first kappa shape index (κ1) is 21.4. The van der Waals surface area contributed by atoms with Crippen LogP contribution >= 0.6 is 0 Å². The van der Waals surface area contributed by atoms with Crippen LogP contribution in [0.5, 0.6) is 0 Å². The number of carbonyl (C=O) groups excluding carboxylic acids is 1. The van der Waals surface area contributed by atoms with Crippen molar-refractivity contribution >= 4 is 5.78 Å². The Balaban J connectivity index is 1.67. The highest BCUT2D eigenvalue weighted by Gasteiger charge is 2.64. The van der Waals surface area contributed by atoms with E-state index >= 15 is 0 Å². The topological polar surface area (TPSA) is 57.5 Å². The fourth-order valence-electron chi connectivity index (χ4n) is 9.27. The molecule has 4 saturated carbocycles. The van der Waals surface area contributed by atoms with Gasteiger partial charge in [-0.1, -0.05) is 34.1 Å². The van der Waals surface area contributed by atoms with Crippen molar-refractivity contribution in [2.75, 3.05) is 0 Å². The lowest BCUT2D eigenvalue weighted by atomic mass is 9.41. The lowest BCUT2D eigenvalue weighted by Crippen LogP contribution is -2.62. The predicted molar refractivity (Wildman–Crippen MR) is 121 cm³/mol. The van der Waals surface area contributed by atoms with Crippen LogP contribution < -0.4 is 0 Å². The summed E-state index contributed by atoms with van der Waals surface area (Å²) in [5.41, 5.74) is 0.305. The first-order chi connectivity index (χ1) is 14.5. The maximum absolute atomic E-state index is 11.9. The molecule has 3 heteroatoms. The monoisotopic (exact) mass is 419 g/mol. The lowest BCUT2D eigenvalue weighted by molar-refractivity contribution is -0.203. The van der Waals surface area contributed by atoms with Gasteiger partial charge >= 0.3 is 0 Å². The van der Waals surface area contributed by atoms with Crippen LogP contribution in [0.4, 0.5) is 0 Å². The number of fused-ring (bicyclic) bond motifs is 5. The first-order valence-corrected chi connectivity index (χ1v) is 12.9. The molecule has 4 aliphatic carbocycles. The summed E-state index contributed by atoms with van der Waals surface area (Å²) in [6.07, 6.45) is 8.04. The molecule has 4 fully saturated rings. The van der Waals surface area contributed by atoms with Crippen LogP contribution in [0.1, 0.15) is 100 Å². The van der Waals surface area contributed by atoms with E-state index in [0.717, 1.165) is 44.9 Å². The molecule has 0 saturated heterocycles. The summed E-state index contributed by atoms with van der Waals surface area (Å²) in [4.78, 5) is 11.6. The molecule has 0 aromatic rings. The fraction of sp³-hybridized carbons (Fsp3) is 0.963. The van der Waals surface area contributed by atoms with Crippen molar-refractivity contribution in [3.63, 3.8) is 0 Å². The molecule has 4 aliphatic rings. The number of ketones is 1. The van der Waals surface area contributed by atoms with Crippen LogP contribution in [0.25, 0.3) is 0 Å². The molecular formula is C27H46O3. The number of hydrogen-bond acceptors (Lipinski definition) is 3. The maximum Gasteiger partial charge on any atom is 0.129 e. The summed E-state index contributed by atoms with van der Waals surface area (Å²) < 4.78 is 9.36. The smallest absolute Gasteiger partial charge is 0.129 e. The van der Waals surface area contributed by atoms with E-state index in [4.69, 9.17) is 0 Å². The van der Waals surface area contributed by atoms with Gasteiger partial charge in [0, 0.05) is 6.42 Å². The molecule has 4 rings (SSSR count). The van der Waals surface area contributed by atoms with Crippen LogP contribution in [0, 0.1) is 52.3 Å². The predicted octanol–water partition coefficient (Wildman–Crippen LogP) is 5.62. The number of hydrogen-bond donors (Lipinski definition) is 2. The maximum atomic E-state index is 11.9. The van der Waals surface area contributed by atoms with E-state index in [1.54, 1.807) is 6.92 Å². The number of carbonyl (C=O) groups is 1. The van der Waals surface area contributed by atoms with Gasteiger partial charge < -0.3 is 15.0 Å². The average Bonchev–Trinajstić information content (AvgIpc) is 3.04. The molecule has 2 N–H and O–H groups in total. The zero-order chi connectivity index (χ0) is 22.8. The van der Waals surface area contributed by atoms with Crippen molar-refractivity contribution in [1.82, 2.24) is 0 Å². The number of aliphatic hydroxyl groups is 2. The molecule has 0 aliphatic heterocycles. The summed E-state index contributed by atoms with van der Waals surface area (Å²) in [6, 6.07) is 0. The van der Waals surface area contributed by atoms with E-state index in [0.29, 0.717) is 30.1 Å². The van der Waals surface area contributed by atoms with Crippen molar-refractivity contribution in [3.05, 3.63) is 0 Å². The molecule has 0 radical (unpaired) electrons. The molecule has 0 amide bonds. The van der Waals surface area contributed by atoms with Gasteiger partial charge in [0.05, 0.1) is 13.6 Å². The standard InChI is InChI=1S/C27H46O3/c1-6-19-23-15-18(29)11-13-27(23,5)22-12-14-26(4)20(16(2)7-8-17(3)28)9-10-21(26)24(22)25(19)30/h16,18-25,29-30H,6-15H2,1-5H3/t16-,18-,19-,20-,21+,22+,23+,24+,25-,26-,27-/m1/s1/i25D. The zero-order valence-corrected chi connectivity index (χ0v) is 20.0. The quantitative estimate of drug-likeness (QED) is 0.608. The zero-order valence-electron chi connectivity index (χ0n) is 21.0. The summed E-state index contributed by atoms with van der Waals surface area (Å²) >= 11 is 0. The number of rotatable bonds is 5. The Labute approximate surface area is 185 Å². The highest BCUT2D eigenvalue weighted by atomic mass is 16.3. The van der Waals surface area contributed by atoms with E-state index < -0.39 is 6.08 Å². The molecule has 172 valence electrons. The van der Waals surface area contributed by atoms with Crippen LogP contribution in [-0.2, 0) is 4.79 Å². The van der Waals surface area contributed by atoms with Crippen molar-refractivity contribution in [1.29, 1.82) is 0 Å². The van der Waals surface area contributed by atoms with Gasteiger partial charge in [0.2, 0.25) is 0 Å². The molecule has 0 spiro atoms. The van der Waals surface area contributed by atoms with Gasteiger partial charge in [0.1, 0.15) is 5.78 Å². The fourth-order valence-corrected chi connectivity index (χ4v) is 9.27. The van der Waals surface area contributed by atoms with Crippen LogP contribution in [0.3, 0.4) is 0 Å². The number of Topliss-reactive ketones (excluding diaryl/α,β-unsaturated/α-hetero) is 1. The second-order valence-corrected chi connectivity index (χ2v) is 12.2. The molecule has 0 heterocycles. The normalized spacial score (nSPS) is 54.5. The highest BCUT2D eigenvalue weighted by molar-refractivity contribution is 5.75. The van der Waals surface area contributed by atoms with Crippen molar-refractivity contribution in [3.8, 4) is 0 Å². The van der Waals surface area contributed by atoms with Crippen molar-refractivity contribution in [2.24, 2.45) is 52.3 Å². The van der Waals surface area contributed by atoms with Crippen LogP contribution in [0.15, 0.2) is 0 Å². The third-order valence-electron chi connectivity index (χ3n) is 10.9. The van der Waals surface area contributed by atoms with Gasteiger partial charge in [-0.15, -0.1) is 0 Å². The summed E-state index contributed by atoms with van der Waals surface area (Å²) in [5.74, 6) is 2.42. The SMILES string of the molecule is [2H][C@]1(O)[C@@H]2[C@H](CC[C@]3(C)[C@@H]([C@H](C)CCC(C)=O)CC[C@@H]23)[C@@]2(C)CC[C@@H](O)C[C@H]2[C@H]1CC. The molecule has 0 aromatic heterocycles. The Morgan fingerprint density at radius 2 is 1.73 bits per heavy atom. The van der Waals surface area contributed by atoms with Gasteiger partial charge in [-0.05, 0) is 111 Å². The van der Waals surface area contributed by atoms with Crippen molar-refractivity contribution < 1.29 is 16.4 Å². The third-order valence-corrected chi connectivity index (χ3v) is 10.9. The van der Waals surface area contributed by atoms with Gasteiger partial charge in [-0.2, -0.15) is 0 Å². The van der Waals surface area contributed by atoms with E-state index in [-0.39, 0.29) is 40.5 Å². The van der Waals surface area contributed by atoms with E-state index in [9.17, 15) is 16.4 Å². The van der Waals surface area contributed by atoms with E-state index in [2.05, 4.69) is 27.7 Å². The summed E-state index contributed by atoms with van der Waals surface area (Å²) in [6.45, 7) is 11.0. The minimum absolute atomic E-state index is 0.0395. The first-order valence-electron chi connectivity index (χ1n) is 13.4. The Bertz CT molecular complexity index is 692. The van der Waals surface area contributed by atoms with Gasteiger partial charge in [0.15, 0.2) is 0 Å². The Morgan fingerprint density at radius 1 is 1.07 bits per heavy atom. The second kappa shape index (κ2) is 8.18. The number of aliphatic hydroxyl groups excluding tert-OH is 1. The van der Waals surface area contributed by atoms with E-state index in [1.807, 2.05) is 0 Å². The van der Waals surface area contributed by atoms with Crippen LogP contribution in [0.2, 0.25) is 0 Å². The minimum Gasteiger partial charge on any atom is -0.393 e. The minimum atomic E-state index is -1.40. The molecule has 0 aromatic carbocycles. The van der Waals surface area contributed by atoms with Gasteiger partial charge in [-0.3, -0.25) is 0 Å². The lowest BCUT2D eigenvalue weighted by Gasteiger charge is -2.64. The van der Waals surface area contributed by atoms with E-state index in [1.165, 1.54) is 12.8 Å². The van der Waals surface area contributed by atoms with Crippen molar-refractivity contribution in [2.45, 2.75) is 111 Å². The molecule has 3 nitrogen and oxygen atoms in total. The average molecular weight is 420 g/mol. The third kappa shape index (κ3) is 3.41. The molecule has 0 bridgehead atoms. The largest absolute Gasteiger partial charge is 0.393 e. The molecule has 30 heavy (non-hydrogen) atoms. The van der Waals surface area contributed by atoms with Crippen LogP contribution in [-0.4, -0.2) is 28.2 Å². The van der Waals surface area contributed by atoms with Gasteiger partial charge in [-0.25, -0.2) is 0 Å². The summed E-state index contributed by atoms with van der Waals surface area (Å²) in [7, 11) is 0. The van der Waals surface area contributed by atoms with Gasteiger partial charge in [0.25, 0.3) is 0 Å².